The maximum atomic E-state index is 12.2. The molecule has 1 aromatic heterocycles. The lowest BCUT2D eigenvalue weighted by Gasteiger charge is -2.36. The fraction of sp³-hybridized carbons (Fsp3) is 0.500. The third-order valence-corrected chi connectivity index (χ3v) is 4.38. The van der Waals surface area contributed by atoms with Crippen LogP contribution in [0.25, 0.3) is 11.0 Å². The normalized spacial score (nSPS) is 16.1. The Bertz CT molecular complexity index is 727. The fourth-order valence-electron chi connectivity index (χ4n) is 3.01. The summed E-state index contributed by atoms with van der Waals surface area (Å²) in [6.45, 7) is 7.00. The van der Waals surface area contributed by atoms with Crippen molar-refractivity contribution in [2.75, 3.05) is 27.2 Å². The average Bonchev–Trinajstić information content (AvgIpc) is 2.88. The molecule has 1 aliphatic heterocycles. The molecule has 1 saturated heterocycles. The number of fused-ring (bicyclic) bond motifs is 1. The average molecular weight is 315 g/mol. The molecule has 0 spiro atoms. The van der Waals surface area contributed by atoms with Crippen molar-refractivity contribution in [3.8, 4) is 0 Å². The summed E-state index contributed by atoms with van der Waals surface area (Å²) in [6, 6.07) is 6.46. The van der Waals surface area contributed by atoms with Gasteiger partial charge in [-0.3, -0.25) is 9.69 Å². The largest absolute Gasteiger partial charge is 0.451 e. The van der Waals surface area contributed by atoms with E-state index in [1.807, 2.05) is 6.07 Å². The molecule has 5 nitrogen and oxygen atoms in total. The third-order valence-electron chi connectivity index (χ3n) is 4.38. The minimum atomic E-state index is -0.107. The molecule has 0 aliphatic carbocycles. The highest BCUT2D eigenvalue weighted by molar-refractivity contribution is 5.96. The third kappa shape index (κ3) is 3.12. The van der Waals surface area contributed by atoms with Gasteiger partial charge in [0.05, 0.1) is 0 Å². The Morgan fingerprint density at radius 1 is 1.35 bits per heavy atom. The van der Waals surface area contributed by atoms with Gasteiger partial charge in [-0.05, 0) is 23.6 Å². The summed E-state index contributed by atoms with van der Waals surface area (Å²) in [4.78, 5) is 16.0. The van der Waals surface area contributed by atoms with Crippen LogP contribution in [-0.4, -0.2) is 48.9 Å². The van der Waals surface area contributed by atoms with Crippen molar-refractivity contribution in [2.24, 2.45) is 5.73 Å². The quantitative estimate of drug-likeness (QED) is 0.941. The van der Waals surface area contributed by atoms with Gasteiger partial charge in [0, 0.05) is 50.7 Å². The summed E-state index contributed by atoms with van der Waals surface area (Å²) < 4.78 is 5.90. The molecule has 0 bridgehead atoms. The number of likely N-dealkylation sites (tertiary alicyclic amines) is 1. The van der Waals surface area contributed by atoms with Gasteiger partial charge >= 0.3 is 0 Å². The van der Waals surface area contributed by atoms with Crippen LogP contribution in [0.4, 0.5) is 0 Å². The molecule has 0 radical (unpaired) electrons. The Kier molecular flexibility index (Phi) is 4.17. The number of benzene rings is 1. The smallest absolute Gasteiger partial charge is 0.289 e. The number of nitrogens with two attached hydrogens (primary N) is 1. The van der Waals surface area contributed by atoms with E-state index in [0.717, 1.165) is 36.2 Å². The van der Waals surface area contributed by atoms with Gasteiger partial charge in [-0.1, -0.05) is 19.9 Å². The molecule has 2 N–H and O–H groups in total. The second kappa shape index (κ2) is 5.98. The topological polar surface area (TPSA) is 62.7 Å². The molecule has 0 atom stereocenters. The first kappa shape index (κ1) is 16.0. The first-order valence-electron chi connectivity index (χ1n) is 8.11. The number of hydrogen-bond acceptors (Lipinski definition) is 4. The maximum absolute atomic E-state index is 12.2. The van der Waals surface area contributed by atoms with Crippen LogP contribution < -0.4 is 5.73 Å². The predicted molar refractivity (Wildman–Crippen MR) is 91.6 cm³/mol. The summed E-state index contributed by atoms with van der Waals surface area (Å²) >= 11 is 0. The van der Waals surface area contributed by atoms with Gasteiger partial charge in [0.1, 0.15) is 5.58 Å². The van der Waals surface area contributed by atoms with Crippen LogP contribution in [0.2, 0.25) is 0 Å². The second-order valence-corrected chi connectivity index (χ2v) is 7.02. The molecule has 2 aromatic rings. The SMILES string of the molecule is CC(C)c1cc(CN2CC(N)C2)c2oc(C(=O)N(C)C)cc2c1. The van der Waals surface area contributed by atoms with E-state index in [0.29, 0.717) is 11.7 Å². The van der Waals surface area contributed by atoms with Crippen molar-refractivity contribution in [1.82, 2.24) is 9.80 Å². The highest BCUT2D eigenvalue weighted by Crippen LogP contribution is 2.30. The summed E-state index contributed by atoms with van der Waals surface area (Å²) in [7, 11) is 3.47. The van der Waals surface area contributed by atoms with Gasteiger partial charge in [0.2, 0.25) is 0 Å². The number of rotatable bonds is 4. The number of nitrogens with zero attached hydrogens (tertiary/aromatic N) is 2. The number of furan rings is 1. The lowest BCUT2D eigenvalue weighted by molar-refractivity contribution is 0.0799. The zero-order valence-corrected chi connectivity index (χ0v) is 14.3. The lowest BCUT2D eigenvalue weighted by atomic mass is 9.97. The van der Waals surface area contributed by atoms with Crippen molar-refractivity contribution in [3.63, 3.8) is 0 Å². The van der Waals surface area contributed by atoms with Crippen LogP contribution >= 0.6 is 0 Å². The fourth-order valence-corrected chi connectivity index (χ4v) is 3.01. The number of carbonyl (C=O) groups is 1. The van der Waals surface area contributed by atoms with Gasteiger partial charge in [-0.25, -0.2) is 0 Å². The highest BCUT2D eigenvalue weighted by Gasteiger charge is 2.25. The monoisotopic (exact) mass is 315 g/mol. The van der Waals surface area contributed by atoms with E-state index in [2.05, 4.69) is 30.9 Å². The van der Waals surface area contributed by atoms with Crippen LogP contribution in [-0.2, 0) is 6.54 Å². The molecule has 1 fully saturated rings. The van der Waals surface area contributed by atoms with E-state index in [-0.39, 0.29) is 11.9 Å². The minimum absolute atomic E-state index is 0.107. The summed E-state index contributed by atoms with van der Waals surface area (Å²) in [5.41, 5.74) is 9.10. The van der Waals surface area contributed by atoms with Crippen LogP contribution in [0, 0.1) is 0 Å². The second-order valence-electron chi connectivity index (χ2n) is 7.02. The molecule has 1 aliphatic rings. The van der Waals surface area contributed by atoms with Gasteiger partial charge in [-0.2, -0.15) is 0 Å². The van der Waals surface area contributed by atoms with Gasteiger partial charge in [-0.15, -0.1) is 0 Å². The zero-order chi connectivity index (χ0) is 16.7. The first-order chi connectivity index (χ1) is 10.8. The van der Waals surface area contributed by atoms with Crippen LogP contribution in [0.3, 0.4) is 0 Å². The molecule has 2 heterocycles. The zero-order valence-electron chi connectivity index (χ0n) is 14.3. The van der Waals surface area contributed by atoms with E-state index in [4.69, 9.17) is 10.2 Å². The van der Waals surface area contributed by atoms with Crippen molar-refractivity contribution in [1.29, 1.82) is 0 Å². The van der Waals surface area contributed by atoms with Crippen molar-refractivity contribution < 1.29 is 9.21 Å². The molecular formula is C18H25N3O2. The van der Waals surface area contributed by atoms with Crippen LogP contribution in [0.1, 0.15) is 41.4 Å². The molecule has 0 unspecified atom stereocenters. The maximum Gasteiger partial charge on any atom is 0.289 e. The van der Waals surface area contributed by atoms with Crippen molar-refractivity contribution in [3.05, 3.63) is 35.1 Å². The van der Waals surface area contributed by atoms with Gasteiger partial charge in [0.25, 0.3) is 5.91 Å². The van der Waals surface area contributed by atoms with Crippen molar-refractivity contribution >= 4 is 16.9 Å². The van der Waals surface area contributed by atoms with Crippen LogP contribution in [0.15, 0.2) is 22.6 Å². The Balaban J connectivity index is 2.02. The molecule has 23 heavy (non-hydrogen) atoms. The summed E-state index contributed by atoms with van der Waals surface area (Å²) in [6.07, 6.45) is 0. The lowest BCUT2D eigenvalue weighted by Crippen LogP contribution is -2.54. The Labute approximate surface area is 137 Å². The molecular weight excluding hydrogens is 290 g/mol. The number of carbonyl (C=O) groups excluding carboxylic acids is 1. The van der Waals surface area contributed by atoms with E-state index >= 15 is 0 Å². The molecule has 124 valence electrons. The van der Waals surface area contributed by atoms with Gasteiger partial charge < -0.3 is 15.1 Å². The van der Waals surface area contributed by atoms with Crippen molar-refractivity contribution in [2.45, 2.75) is 32.4 Å². The predicted octanol–water partition coefficient (Wildman–Crippen LogP) is 2.40. The first-order valence-corrected chi connectivity index (χ1v) is 8.11. The number of hydrogen-bond donors (Lipinski definition) is 1. The Morgan fingerprint density at radius 3 is 2.61 bits per heavy atom. The highest BCUT2D eigenvalue weighted by atomic mass is 16.3. The Morgan fingerprint density at radius 2 is 2.04 bits per heavy atom. The van der Waals surface area contributed by atoms with Gasteiger partial charge in [0.15, 0.2) is 5.76 Å². The van der Waals surface area contributed by atoms with E-state index in [9.17, 15) is 4.79 Å². The molecule has 3 rings (SSSR count). The molecule has 0 saturated carbocycles. The summed E-state index contributed by atoms with van der Waals surface area (Å²) in [5.74, 6) is 0.719. The molecule has 1 amide bonds. The van der Waals surface area contributed by atoms with E-state index in [1.54, 1.807) is 14.1 Å². The summed E-state index contributed by atoms with van der Waals surface area (Å²) in [5, 5.41) is 1.00. The van der Waals surface area contributed by atoms with Crippen LogP contribution in [0.5, 0.6) is 0 Å². The minimum Gasteiger partial charge on any atom is -0.451 e. The van der Waals surface area contributed by atoms with E-state index < -0.39 is 0 Å². The number of amides is 1. The standard InChI is InChI=1S/C18H25N3O2/c1-11(2)12-5-13-7-16(18(22)20(3)4)23-17(13)14(6-12)8-21-9-15(19)10-21/h5-7,11,15H,8-10,19H2,1-4H3. The Hall–Kier alpha value is -1.85. The molecule has 1 aromatic carbocycles. The molecule has 5 heteroatoms. The van der Waals surface area contributed by atoms with E-state index in [1.165, 1.54) is 10.5 Å².